The molecule has 0 aliphatic carbocycles. The molecule has 2 N–H and O–H groups in total. The number of carboxylic acid groups (broad SMARTS) is 1. The van der Waals surface area contributed by atoms with Gasteiger partial charge in [0.1, 0.15) is 12.4 Å². The van der Waals surface area contributed by atoms with E-state index in [4.69, 9.17) is 16.3 Å². The van der Waals surface area contributed by atoms with Gasteiger partial charge in [-0.25, -0.2) is 9.59 Å². The van der Waals surface area contributed by atoms with Crippen LogP contribution in [0.4, 0.5) is 5.69 Å². The van der Waals surface area contributed by atoms with Gasteiger partial charge in [0.15, 0.2) is 0 Å². The zero-order valence-electron chi connectivity index (χ0n) is 22.1. The van der Waals surface area contributed by atoms with E-state index in [0.29, 0.717) is 45.1 Å². The van der Waals surface area contributed by atoms with Crippen LogP contribution in [0.2, 0.25) is 5.02 Å². The number of methoxy groups -OCH3 is 1. The van der Waals surface area contributed by atoms with Crippen LogP contribution < -0.4 is 5.32 Å². The van der Waals surface area contributed by atoms with E-state index in [9.17, 15) is 24.3 Å². The molecule has 12 nitrogen and oxygen atoms in total. The first-order valence-corrected chi connectivity index (χ1v) is 13.0. The van der Waals surface area contributed by atoms with E-state index in [2.05, 4.69) is 20.8 Å². The highest BCUT2D eigenvalue weighted by atomic mass is 35.5. The van der Waals surface area contributed by atoms with E-state index < -0.39 is 29.8 Å². The van der Waals surface area contributed by atoms with Crippen molar-refractivity contribution in [2.24, 2.45) is 0 Å². The van der Waals surface area contributed by atoms with Crippen molar-refractivity contribution in [1.82, 2.24) is 25.1 Å². The van der Waals surface area contributed by atoms with Crippen molar-refractivity contribution < 1.29 is 29.0 Å². The number of halogens is 1. The number of tetrazole rings is 1. The quantitative estimate of drug-likeness (QED) is 0.244. The number of hydrogen-bond acceptors (Lipinski definition) is 8. The molecule has 1 aliphatic heterocycles. The summed E-state index contributed by atoms with van der Waals surface area (Å²) < 4.78 is 6.36. The lowest BCUT2D eigenvalue weighted by Crippen LogP contribution is -2.45. The molecule has 0 saturated carbocycles. The minimum Gasteiger partial charge on any atom is -0.478 e. The lowest BCUT2D eigenvalue weighted by atomic mass is 9.88. The van der Waals surface area contributed by atoms with Crippen LogP contribution in [0.3, 0.4) is 0 Å². The molecular weight excluding hydrogens is 564 g/mol. The minimum atomic E-state index is -1.10. The number of esters is 1. The summed E-state index contributed by atoms with van der Waals surface area (Å²) in [6.45, 7) is 0.135. The van der Waals surface area contributed by atoms with Crippen molar-refractivity contribution in [1.29, 1.82) is 0 Å². The maximum absolute atomic E-state index is 13.7. The molecule has 2 amide bonds. The lowest BCUT2D eigenvalue weighted by molar-refractivity contribution is -0.135. The molecule has 4 aromatic rings. The Labute approximate surface area is 244 Å². The third-order valence-corrected chi connectivity index (χ3v) is 6.98. The van der Waals surface area contributed by atoms with Gasteiger partial charge >= 0.3 is 11.9 Å². The topological polar surface area (TPSA) is 157 Å². The number of fused-ring (bicyclic) bond motifs is 1. The first-order valence-electron chi connectivity index (χ1n) is 12.6. The summed E-state index contributed by atoms with van der Waals surface area (Å²) in [7, 11) is 1.27. The fraction of sp³-hybridized carbons (Fsp3) is 0.138. The Balaban J connectivity index is 1.50. The summed E-state index contributed by atoms with van der Waals surface area (Å²) in [5.74, 6) is -2.66. The maximum atomic E-state index is 13.7. The predicted octanol–water partition coefficient (Wildman–Crippen LogP) is 3.58. The molecule has 1 aromatic heterocycles. The predicted molar refractivity (Wildman–Crippen MR) is 151 cm³/mol. The fourth-order valence-electron chi connectivity index (χ4n) is 4.79. The van der Waals surface area contributed by atoms with Gasteiger partial charge in [0.2, 0.25) is 5.91 Å². The third kappa shape index (κ3) is 5.74. The summed E-state index contributed by atoms with van der Waals surface area (Å²) >= 11 is 6.21. The van der Waals surface area contributed by atoms with Crippen molar-refractivity contribution in [3.63, 3.8) is 0 Å². The second-order valence-corrected chi connectivity index (χ2v) is 9.65. The average Bonchev–Trinajstić information content (AvgIpc) is 3.53. The highest BCUT2D eigenvalue weighted by Crippen LogP contribution is 2.34. The molecule has 1 aliphatic rings. The summed E-state index contributed by atoms with van der Waals surface area (Å²) in [6, 6.07) is 14.5. The summed E-state index contributed by atoms with van der Waals surface area (Å²) in [6.07, 6.45) is 4.61. The number of aromatic carboxylic acids is 1. The molecular formula is C29H23ClN6O6. The third-order valence-electron chi connectivity index (χ3n) is 6.75. The number of aromatic nitrogens is 4. The van der Waals surface area contributed by atoms with Gasteiger partial charge < -0.3 is 20.1 Å². The van der Waals surface area contributed by atoms with E-state index in [0.717, 1.165) is 0 Å². The van der Waals surface area contributed by atoms with Crippen molar-refractivity contribution >= 4 is 47.1 Å². The molecule has 2 heterocycles. The molecule has 212 valence electrons. The Morgan fingerprint density at radius 3 is 2.57 bits per heavy atom. The monoisotopic (exact) mass is 586 g/mol. The Kier molecular flexibility index (Phi) is 8.07. The standard InChI is InChI=1S/C29H23ClN6O6/c1-42-29(41)23-4-2-3-22-21(23)13-14-35(26(22)27(38)32-20-9-5-17(6-10-20)28(39)40)25(37)12-7-18-15-19(30)8-11-24(18)36-16-31-33-34-36/h2-12,15-16,26H,13-14H2,1H3,(H,32,38)(H,39,40). The summed E-state index contributed by atoms with van der Waals surface area (Å²) in [5, 5.41) is 23.6. The van der Waals surface area contributed by atoms with Crippen LogP contribution in [-0.4, -0.2) is 67.6 Å². The number of anilines is 1. The average molecular weight is 587 g/mol. The molecule has 5 rings (SSSR count). The number of nitrogens with zero attached hydrogens (tertiary/aromatic N) is 5. The Hall–Kier alpha value is -5.36. The Bertz CT molecular complexity index is 1700. The molecule has 0 bridgehead atoms. The number of carbonyl (C=O) groups is 4. The summed E-state index contributed by atoms with van der Waals surface area (Å²) in [5.41, 5.74) is 2.94. The SMILES string of the molecule is COC(=O)c1cccc2c1CCN(C(=O)C=Cc1cc(Cl)ccc1-n1cnnn1)C2C(=O)Nc1ccc(C(=O)O)cc1. The normalized spacial score (nSPS) is 14.3. The van der Waals surface area contributed by atoms with Gasteiger partial charge in [-0.05, 0) is 82.6 Å². The van der Waals surface area contributed by atoms with Crippen LogP contribution in [0.15, 0.2) is 73.1 Å². The molecule has 1 unspecified atom stereocenters. The Morgan fingerprint density at radius 1 is 1.10 bits per heavy atom. The molecule has 1 atom stereocenters. The van der Waals surface area contributed by atoms with Gasteiger partial charge in [0.05, 0.1) is 23.9 Å². The molecule has 0 radical (unpaired) electrons. The van der Waals surface area contributed by atoms with E-state index in [1.807, 2.05) is 0 Å². The van der Waals surface area contributed by atoms with E-state index in [1.54, 1.807) is 42.5 Å². The highest BCUT2D eigenvalue weighted by Gasteiger charge is 2.37. The Morgan fingerprint density at radius 2 is 1.88 bits per heavy atom. The fourth-order valence-corrected chi connectivity index (χ4v) is 4.97. The van der Waals surface area contributed by atoms with Gasteiger partial charge in [-0.15, -0.1) is 5.10 Å². The molecule has 13 heteroatoms. The van der Waals surface area contributed by atoms with E-state index in [-0.39, 0.29) is 12.1 Å². The number of amides is 2. The van der Waals surface area contributed by atoms with E-state index >= 15 is 0 Å². The second-order valence-electron chi connectivity index (χ2n) is 9.21. The van der Waals surface area contributed by atoms with Crippen molar-refractivity contribution in [2.75, 3.05) is 19.0 Å². The van der Waals surface area contributed by atoms with Gasteiger partial charge in [-0.1, -0.05) is 23.7 Å². The van der Waals surface area contributed by atoms with E-state index in [1.165, 1.54) is 53.4 Å². The number of benzene rings is 3. The minimum absolute atomic E-state index is 0.0581. The number of ether oxygens (including phenoxy) is 1. The van der Waals surface area contributed by atoms with Gasteiger partial charge in [0, 0.05) is 28.9 Å². The molecule has 42 heavy (non-hydrogen) atoms. The van der Waals surface area contributed by atoms with Gasteiger partial charge in [-0.3, -0.25) is 9.59 Å². The van der Waals surface area contributed by atoms with Crippen molar-refractivity contribution in [2.45, 2.75) is 12.5 Å². The van der Waals surface area contributed by atoms with Crippen molar-refractivity contribution in [3.8, 4) is 5.69 Å². The first-order chi connectivity index (χ1) is 20.3. The first kappa shape index (κ1) is 28.2. The zero-order chi connectivity index (χ0) is 29.8. The van der Waals surface area contributed by atoms with Crippen LogP contribution in [0.5, 0.6) is 0 Å². The largest absolute Gasteiger partial charge is 0.478 e. The highest BCUT2D eigenvalue weighted by molar-refractivity contribution is 6.30. The van der Waals surface area contributed by atoms with Crippen LogP contribution >= 0.6 is 11.6 Å². The number of carbonyl (C=O) groups excluding carboxylic acids is 3. The van der Waals surface area contributed by atoms with Crippen molar-refractivity contribution in [3.05, 3.63) is 106 Å². The van der Waals surface area contributed by atoms with Gasteiger partial charge in [-0.2, -0.15) is 4.68 Å². The van der Waals surface area contributed by atoms with Crippen LogP contribution in [0.25, 0.3) is 11.8 Å². The van der Waals surface area contributed by atoms with Crippen LogP contribution in [0.1, 0.15) is 43.4 Å². The molecule has 0 saturated heterocycles. The van der Waals surface area contributed by atoms with Crippen LogP contribution in [0, 0.1) is 0 Å². The second kappa shape index (κ2) is 12.0. The maximum Gasteiger partial charge on any atom is 0.338 e. The number of rotatable bonds is 7. The molecule has 0 spiro atoms. The number of nitrogens with one attached hydrogen (secondary N) is 1. The van der Waals surface area contributed by atoms with Gasteiger partial charge in [0.25, 0.3) is 5.91 Å². The molecule has 0 fully saturated rings. The zero-order valence-corrected chi connectivity index (χ0v) is 22.9. The summed E-state index contributed by atoms with van der Waals surface area (Å²) in [4.78, 5) is 52.5. The lowest BCUT2D eigenvalue weighted by Gasteiger charge is -2.36. The number of hydrogen-bond donors (Lipinski definition) is 2. The number of carboxylic acids is 1. The molecule has 3 aromatic carbocycles. The van der Waals surface area contributed by atoms with Crippen LogP contribution in [-0.2, 0) is 20.7 Å². The smallest absolute Gasteiger partial charge is 0.338 e.